The average Bonchev–Trinajstić information content (AvgIpc) is 2.14. The second-order valence-electron chi connectivity index (χ2n) is 2.77. The third-order valence-corrected chi connectivity index (χ3v) is 2.22. The van der Waals surface area contributed by atoms with Crippen LogP contribution in [-0.2, 0) is 4.74 Å². The molecule has 0 aromatic carbocycles. The maximum absolute atomic E-state index is 13.1. The molecule has 0 aliphatic rings. The van der Waals surface area contributed by atoms with E-state index in [2.05, 4.69) is 4.98 Å². The fourth-order valence-corrected chi connectivity index (χ4v) is 1.38. The van der Waals surface area contributed by atoms with Crippen LogP contribution >= 0.6 is 11.6 Å². The highest BCUT2D eigenvalue weighted by molar-refractivity contribution is 6.20. The highest BCUT2D eigenvalue weighted by Crippen LogP contribution is 2.28. The lowest BCUT2D eigenvalue weighted by atomic mass is 10.1. The van der Waals surface area contributed by atoms with Crippen LogP contribution in [0, 0.1) is 11.6 Å². The topological polar surface area (TPSA) is 22.1 Å². The van der Waals surface area contributed by atoms with Crippen molar-refractivity contribution < 1.29 is 13.5 Å². The van der Waals surface area contributed by atoms with Gasteiger partial charge < -0.3 is 4.74 Å². The fourth-order valence-electron chi connectivity index (χ4n) is 1.09. The highest BCUT2D eigenvalue weighted by Gasteiger charge is 2.17. The Bertz CT molecular complexity index is 289. The Morgan fingerprint density at radius 2 is 2.00 bits per heavy atom. The molecule has 0 fully saturated rings. The third-order valence-electron chi connectivity index (χ3n) is 1.78. The van der Waals surface area contributed by atoms with Crippen molar-refractivity contribution in [2.24, 2.45) is 0 Å². The maximum Gasteiger partial charge on any atom is 0.149 e. The Morgan fingerprint density at radius 1 is 1.43 bits per heavy atom. The zero-order chi connectivity index (χ0) is 10.6. The van der Waals surface area contributed by atoms with Crippen LogP contribution in [0.25, 0.3) is 0 Å². The molecule has 0 radical (unpaired) electrons. The van der Waals surface area contributed by atoms with E-state index < -0.39 is 17.0 Å². The average molecular weight is 222 g/mol. The zero-order valence-electron chi connectivity index (χ0n) is 7.64. The van der Waals surface area contributed by atoms with Gasteiger partial charge in [-0.05, 0) is 6.42 Å². The number of hydrogen-bond donors (Lipinski definition) is 0. The van der Waals surface area contributed by atoms with Crippen LogP contribution in [0.2, 0.25) is 0 Å². The lowest BCUT2D eigenvalue weighted by Gasteiger charge is -2.10. The summed E-state index contributed by atoms with van der Waals surface area (Å²) in [6.07, 6.45) is 2.25. The molecular formula is C9H10ClF2NO. The molecule has 14 heavy (non-hydrogen) atoms. The maximum atomic E-state index is 13.1. The van der Waals surface area contributed by atoms with Crippen LogP contribution in [-0.4, -0.2) is 18.7 Å². The van der Waals surface area contributed by atoms with E-state index in [9.17, 15) is 8.78 Å². The lowest BCUT2D eigenvalue weighted by Crippen LogP contribution is -2.03. The van der Waals surface area contributed by atoms with Gasteiger partial charge in [0, 0.05) is 19.3 Å². The number of ether oxygens (including phenoxy) is 1. The molecule has 0 N–H and O–H groups in total. The van der Waals surface area contributed by atoms with Gasteiger partial charge in [0.05, 0.1) is 17.8 Å². The van der Waals surface area contributed by atoms with Crippen LogP contribution < -0.4 is 0 Å². The lowest BCUT2D eigenvalue weighted by molar-refractivity contribution is 0.193. The van der Waals surface area contributed by atoms with Crippen LogP contribution in [0.1, 0.15) is 17.4 Å². The van der Waals surface area contributed by atoms with Crippen molar-refractivity contribution in [3.8, 4) is 0 Å². The molecule has 0 saturated heterocycles. The molecule has 0 aliphatic carbocycles. The quantitative estimate of drug-likeness (QED) is 0.730. The number of halogens is 3. The van der Waals surface area contributed by atoms with Gasteiger partial charge in [0.25, 0.3) is 0 Å². The number of hydrogen-bond acceptors (Lipinski definition) is 2. The molecule has 0 saturated carbocycles. The summed E-state index contributed by atoms with van der Waals surface area (Å²) >= 11 is 5.81. The smallest absolute Gasteiger partial charge is 0.149 e. The summed E-state index contributed by atoms with van der Waals surface area (Å²) in [5, 5.41) is -0.724. The van der Waals surface area contributed by atoms with Crippen molar-refractivity contribution in [3.63, 3.8) is 0 Å². The van der Waals surface area contributed by atoms with Crippen LogP contribution in [0.5, 0.6) is 0 Å². The van der Waals surface area contributed by atoms with E-state index in [0.717, 1.165) is 12.4 Å². The minimum atomic E-state index is -0.724. The minimum Gasteiger partial charge on any atom is -0.385 e. The van der Waals surface area contributed by atoms with Crippen molar-refractivity contribution in [3.05, 3.63) is 29.6 Å². The predicted molar refractivity (Wildman–Crippen MR) is 49.2 cm³/mol. The first-order valence-corrected chi connectivity index (χ1v) is 4.52. The number of methoxy groups -OCH3 is 1. The molecule has 2 nitrogen and oxygen atoms in total. The van der Waals surface area contributed by atoms with E-state index in [1.807, 2.05) is 0 Å². The Balaban J connectivity index is 2.82. The molecule has 1 atom stereocenters. The standard InChI is InChI=1S/C9H10ClF2NO/c1-14-3-2-6(10)9-7(11)4-13-5-8(9)12/h4-6H,2-3H2,1H3. The number of nitrogens with zero attached hydrogens (tertiary/aromatic N) is 1. The second-order valence-corrected chi connectivity index (χ2v) is 3.29. The second kappa shape index (κ2) is 5.22. The molecule has 0 aliphatic heterocycles. The van der Waals surface area contributed by atoms with Gasteiger partial charge in [0.1, 0.15) is 11.6 Å². The van der Waals surface area contributed by atoms with Gasteiger partial charge >= 0.3 is 0 Å². The van der Waals surface area contributed by atoms with E-state index in [1.54, 1.807) is 0 Å². The number of pyridine rings is 1. The molecule has 5 heteroatoms. The van der Waals surface area contributed by atoms with Gasteiger partial charge in [0.2, 0.25) is 0 Å². The van der Waals surface area contributed by atoms with E-state index in [4.69, 9.17) is 16.3 Å². The van der Waals surface area contributed by atoms with Gasteiger partial charge in [-0.3, -0.25) is 4.98 Å². The Hall–Kier alpha value is -0.740. The summed E-state index contributed by atoms with van der Waals surface area (Å²) in [6.45, 7) is 0.357. The predicted octanol–water partition coefficient (Wildman–Crippen LogP) is 2.68. The third kappa shape index (κ3) is 2.62. The van der Waals surface area contributed by atoms with Crippen molar-refractivity contribution >= 4 is 11.6 Å². The number of aromatic nitrogens is 1. The van der Waals surface area contributed by atoms with Crippen molar-refractivity contribution in [2.45, 2.75) is 11.8 Å². The Morgan fingerprint density at radius 3 is 2.50 bits per heavy atom. The summed E-state index contributed by atoms with van der Waals surface area (Å²) in [6, 6.07) is 0. The molecule has 78 valence electrons. The van der Waals surface area contributed by atoms with E-state index in [0.29, 0.717) is 13.0 Å². The van der Waals surface area contributed by atoms with Gasteiger partial charge in [-0.25, -0.2) is 8.78 Å². The van der Waals surface area contributed by atoms with Gasteiger partial charge in [-0.2, -0.15) is 0 Å². The summed E-state index contributed by atoms with van der Waals surface area (Å²) in [7, 11) is 1.50. The molecule has 1 aromatic rings. The van der Waals surface area contributed by atoms with Crippen molar-refractivity contribution in [2.75, 3.05) is 13.7 Å². The number of rotatable bonds is 4. The van der Waals surface area contributed by atoms with Crippen molar-refractivity contribution in [1.82, 2.24) is 4.98 Å². The fraction of sp³-hybridized carbons (Fsp3) is 0.444. The van der Waals surface area contributed by atoms with Gasteiger partial charge in [-0.15, -0.1) is 11.6 Å². The van der Waals surface area contributed by atoms with E-state index in [1.165, 1.54) is 7.11 Å². The van der Waals surface area contributed by atoms with Crippen LogP contribution in [0.3, 0.4) is 0 Å². The largest absolute Gasteiger partial charge is 0.385 e. The van der Waals surface area contributed by atoms with Crippen molar-refractivity contribution in [1.29, 1.82) is 0 Å². The first kappa shape index (κ1) is 11.3. The molecular weight excluding hydrogens is 212 g/mol. The summed E-state index contributed by atoms with van der Waals surface area (Å²) in [5.74, 6) is -1.44. The van der Waals surface area contributed by atoms with E-state index in [-0.39, 0.29) is 5.56 Å². The van der Waals surface area contributed by atoms with E-state index >= 15 is 0 Å². The summed E-state index contributed by atoms with van der Waals surface area (Å²) in [4.78, 5) is 3.37. The SMILES string of the molecule is COCCC(Cl)c1c(F)cncc1F. The summed E-state index contributed by atoms with van der Waals surface area (Å²) < 4.78 is 31.0. The molecule has 1 unspecified atom stereocenters. The highest BCUT2D eigenvalue weighted by atomic mass is 35.5. The number of alkyl halides is 1. The van der Waals surface area contributed by atoms with Gasteiger partial charge in [0.15, 0.2) is 0 Å². The Kier molecular flexibility index (Phi) is 4.22. The molecule has 0 amide bonds. The van der Waals surface area contributed by atoms with Crippen LogP contribution in [0.15, 0.2) is 12.4 Å². The molecule has 1 rings (SSSR count). The first-order chi connectivity index (χ1) is 6.66. The van der Waals surface area contributed by atoms with Crippen LogP contribution in [0.4, 0.5) is 8.78 Å². The first-order valence-electron chi connectivity index (χ1n) is 4.08. The Labute approximate surface area is 85.9 Å². The monoisotopic (exact) mass is 221 g/mol. The molecule has 1 aromatic heterocycles. The molecule has 0 spiro atoms. The summed E-state index contributed by atoms with van der Waals surface area (Å²) in [5.41, 5.74) is -0.140. The normalized spacial score (nSPS) is 12.9. The molecule has 1 heterocycles. The molecule has 0 bridgehead atoms. The minimum absolute atomic E-state index is 0.140. The zero-order valence-corrected chi connectivity index (χ0v) is 8.39. The van der Waals surface area contributed by atoms with Gasteiger partial charge in [-0.1, -0.05) is 0 Å².